The molecule has 134 valence electrons. The number of carbonyl (C=O) groups excluding carboxylic acids is 1. The van der Waals surface area contributed by atoms with Crippen LogP contribution in [0.2, 0.25) is 0 Å². The maximum atomic E-state index is 12.2. The van der Waals surface area contributed by atoms with E-state index in [2.05, 4.69) is 10.3 Å². The fourth-order valence-electron chi connectivity index (χ4n) is 2.73. The Labute approximate surface area is 153 Å². The molecule has 6 heteroatoms. The summed E-state index contributed by atoms with van der Waals surface area (Å²) in [6, 6.07) is 20.7. The minimum absolute atomic E-state index is 0.0134. The molecule has 3 aromatic rings. The molecule has 0 aliphatic rings. The molecule has 0 fully saturated rings. The average molecular weight is 368 g/mol. The number of rotatable bonds is 7. The van der Waals surface area contributed by atoms with Crippen molar-refractivity contribution in [3.63, 3.8) is 0 Å². The fourth-order valence-corrected chi connectivity index (χ4v) is 3.93. The second-order valence-corrected chi connectivity index (χ2v) is 8.30. The van der Waals surface area contributed by atoms with Crippen LogP contribution in [0.1, 0.15) is 12.0 Å². The van der Waals surface area contributed by atoms with E-state index in [1.807, 2.05) is 60.7 Å². The second-order valence-electron chi connectivity index (χ2n) is 6.12. The van der Waals surface area contributed by atoms with Gasteiger partial charge in [0.2, 0.25) is 5.91 Å². The number of amides is 1. The van der Waals surface area contributed by atoms with Gasteiger partial charge in [-0.1, -0.05) is 48.5 Å². The Hall–Kier alpha value is -2.73. The number of nitrogens with zero attached hydrogens (tertiary/aromatic N) is 1. The summed E-state index contributed by atoms with van der Waals surface area (Å²) in [5.74, 6) is -0.753. The van der Waals surface area contributed by atoms with Crippen LogP contribution in [-0.2, 0) is 21.1 Å². The Kier molecular flexibility index (Phi) is 5.63. The van der Waals surface area contributed by atoms with Crippen molar-refractivity contribution in [3.05, 3.63) is 72.3 Å². The molecule has 0 saturated heterocycles. The van der Waals surface area contributed by atoms with Gasteiger partial charge in [0.05, 0.1) is 11.3 Å². The quantitative estimate of drug-likeness (QED) is 0.695. The zero-order valence-electron chi connectivity index (χ0n) is 14.3. The summed E-state index contributed by atoms with van der Waals surface area (Å²) in [5.41, 5.74) is 1.84. The van der Waals surface area contributed by atoms with Crippen molar-refractivity contribution in [1.82, 2.24) is 4.98 Å². The number of sulfone groups is 1. The van der Waals surface area contributed by atoms with Crippen LogP contribution < -0.4 is 5.32 Å². The Morgan fingerprint density at radius 2 is 1.65 bits per heavy atom. The van der Waals surface area contributed by atoms with E-state index in [4.69, 9.17) is 0 Å². The number of aryl methyl sites for hydroxylation is 1. The maximum Gasteiger partial charge on any atom is 0.240 e. The minimum atomic E-state index is -3.45. The number of fused-ring (bicyclic) bond motifs is 1. The number of nitrogens with one attached hydrogen (secondary N) is 1. The number of aromatic nitrogens is 1. The molecule has 1 aromatic heterocycles. The summed E-state index contributed by atoms with van der Waals surface area (Å²) in [4.78, 5) is 16.4. The summed E-state index contributed by atoms with van der Waals surface area (Å²) < 4.78 is 24.3. The van der Waals surface area contributed by atoms with Gasteiger partial charge in [-0.3, -0.25) is 4.79 Å². The van der Waals surface area contributed by atoms with E-state index in [1.165, 1.54) is 0 Å². The molecular weight excluding hydrogens is 348 g/mol. The van der Waals surface area contributed by atoms with Gasteiger partial charge in [0.1, 0.15) is 11.6 Å². The van der Waals surface area contributed by atoms with Gasteiger partial charge in [0.15, 0.2) is 9.84 Å². The summed E-state index contributed by atoms with van der Waals surface area (Å²) in [6.45, 7) is 0. The van der Waals surface area contributed by atoms with E-state index in [0.717, 1.165) is 16.5 Å². The number of benzene rings is 2. The van der Waals surface area contributed by atoms with E-state index >= 15 is 0 Å². The third kappa shape index (κ3) is 5.13. The van der Waals surface area contributed by atoms with Crippen molar-refractivity contribution in [1.29, 1.82) is 0 Å². The molecule has 0 aliphatic heterocycles. The zero-order chi connectivity index (χ0) is 18.4. The van der Waals surface area contributed by atoms with Crippen LogP contribution in [0.25, 0.3) is 10.9 Å². The van der Waals surface area contributed by atoms with Crippen molar-refractivity contribution in [3.8, 4) is 0 Å². The van der Waals surface area contributed by atoms with E-state index in [-0.39, 0.29) is 5.75 Å². The highest BCUT2D eigenvalue weighted by Crippen LogP contribution is 2.14. The van der Waals surface area contributed by atoms with Crippen molar-refractivity contribution in [2.24, 2.45) is 0 Å². The highest BCUT2D eigenvalue weighted by Gasteiger charge is 2.17. The molecule has 1 heterocycles. The van der Waals surface area contributed by atoms with Crippen LogP contribution in [0.3, 0.4) is 0 Å². The molecule has 0 atom stereocenters. The number of hydrogen-bond acceptors (Lipinski definition) is 4. The summed E-state index contributed by atoms with van der Waals surface area (Å²) in [6.07, 6.45) is 1.17. The lowest BCUT2D eigenvalue weighted by atomic mass is 10.1. The van der Waals surface area contributed by atoms with Crippen LogP contribution in [0.5, 0.6) is 0 Å². The molecule has 3 rings (SSSR count). The molecule has 2 aromatic carbocycles. The fraction of sp³-hybridized carbons (Fsp3) is 0.200. The Morgan fingerprint density at radius 1 is 0.923 bits per heavy atom. The monoisotopic (exact) mass is 368 g/mol. The van der Waals surface area contributed by atoms with Crippen molar-refractivity contribution < 1.29 is 13.2 Å². The minimum Gasteiger partial charge on any atom is -0.310 e. The first-order valence-corrected chi connectivity index (χ1v) is 10.2. The first-order valence-electron chi connectivity index (χ1n) is 8.42. The lowest BCUT2D eigenvalue weighted by Gasteiger charge is -2.07. The zero-order valence-corrected chi connectivity index (χ0v) is 15.1. The van der Waals surface area contributed by atoms with Crippen LogP contribution in [-0.4, -0.2) is 30.8 Å². The van der Waals surface area contributed by atoms with Crippen molar-refractivity contribution in [2.45, 2.75) is 12.8 Å². The van der Waals surface area contributed by atoms with Gasteiger partial charge in [0.25, 0.3) is 0 Å². The number of anilines is 1. The molecule has 0 spiro atoms. The van der Waals surface area contributed by atoms with Gasteiger partial charge < -0.3 is 5.32 Å². The third-order valence-corrected chi connectivity index (χ3v) is 5.59. The smallest absolute Gasteiger partial charge is 0.240 e. The van der Waals surface area contributed by atoms with E-state index in [0.29, 0.717) is 18.7 Å². The average Bonchev–Trinajstić information content (AvgIpc) is 2.62. The molecular formula is C20H20N2O3S. The summed E-state index contributed by atoms with van der Waals surface area (Å²) in [5, 5.41) is 3.53. The van der Waals surface area contributed by atoms with E-state index in [1.54, 1.807) is 6.07 Å². The Morgan fingerprint density at radius 3 is 2.46 bits per heavy atom. The maximum absolute atomic E-state index is 12.2. The first-order chi connectivity index (χ1) is 12.5. The molecule has 1 amide bonds. The topological polar surface area (TPSA) is 76.1 Å². The molecule has 1 N–H and O–H groups in total. The molecule has 0 aliphatic carbocycles. The van der Waals surface area contributed by atoms with Crippen molar-refractivity contribution in [2.75, 3.05) is 16.8 Å². The summed E-state index contributed by atoms with van der Waals surface area (Å²) >= 11 is 0. The lowest BCUT2D eigenvalue weighted by Crippen LogP contribution is -2.25. The van der Waals surface area contributed by atoms with Gasteiger partial charge in [-0.05, 0) is 36.6 Å². The van der Waals surface area contributed by atoms with Crippen LogP contribution >= 0.6 is 0 Å². The van der Waals surface area contributed by atoms with Crippen LogP contribution in [0.4, 0.5) is 5.82 Å². The Balaban J connectivity index is 1.54. The largest absolute Gasteiger partial charge is 0.310 e. The number of para-hydroxylation sites is 1. The SMILES string of the molecule is O=C(CS(=O)(=O)CCCc1ccccc1)Nc1ccc2ccccc2n1. The van der Waals surface area contributed by atoms with Gasteiger partial charge in [-0.25, -0.2) is 13.4 Å². The van der Waals surface area contributed by atoms with Crippen LogP contribution in [0, 0.1) is 0 Å². The first kappa shape index (κ1) is 18.1. The predicted octanol–water partition coefficient (Wildman–Crippen LogP) is 3.22. The highest BCUT2D eigenvalue weighted by atomic mass is 32.2. The standard InChI is InChI=1S/C20H20N2O3S/c23-20(22-19-13-12-17-10-4-5-11-18(17)21-19)15-26(24,25)14-6-9-16-7-2-1-3-8-16/h1-5,7-8,10-13H,6,9,14-15H2,(H,21,22,23). The van der Waals surface area contributed by atoms with Crippen LogP contribution in [0.15, 0.2) is 66.7 Å². The second kappa shape index (κ2) is 8.10. The predicted molar refractivity (Wildman–Crippen MR) is 104 cm³/mol. The Bertz CT molecular complexity index is 1000. The summed E-state index contributed by atoms with van der Waals surface area (Å²) in [7, 11) is -3.45. The van der Waals surface area contributed by atoms with Gasteiger partial charge >= 0.3 is 0 Å². The number of pyridine rings is 1. The molecule has 0 radical (unpaired) electrons. The molecule has 0 unspecified atom stereocenters. The normalized spacial score (nSPS) is 11.4. The molecule has 26 heavy (non-hydrogen) atoms. The van der Waals surface area contributed by atoms with Gasteiger partial charge in [-0.15, -0.1) is 0 Å². The molecule has 0 bridgehead atoms. The lowest BCUT2D eigenvalue weighted by molar-refractivity contribution is -0.113. The third-order valence-electron chi connectivity index (χ3n) is 3.98. The number of carbonyl (C=O) groups is 1. The van der Waals surface area contributed by atoms with Gasteiger partial charge in [0, 0.05) is 5.39 Å². The van der Waals surface area contributed by atoms with E-state index < -0.39 is 21.5 Å². The molecule has 0 saturated carbocycles. The number of hydrogen-bond donors (Lipinski definition) is 1. The van der Waals surface area contributed by atoms with Crippen molar-refractivity contribution >= 4 is 32.5 Å². The molecule has 5 nitrogen and oxygen atoms in total. The van der Waals surface area contributed by atoms with E-state index in [9.17, 15) is 13.2 Å². The highest BCUT2D eigenvalue weighted by molar-refractivity contribution is 7.92. The van der Waals surface area contributed by atoms with Gasteiger partial charge in [-0.2, -0.15) is 0 Å².